The van der Waals surface area contributed by atoms with Gasteiger partial charge in [-0.1, -0.05) is 0 Å². The van der Waals surface area contributed by atoms with Crippen molar-refractivity contribution in [3.63, 3.8) is 0 Å². The van der Waals surface area contributed by atoms with Gasteiger partial charge < -0.3 is 15.6 Å². The monoisotopic (exact) mass is 234 g/mol. The van der Waals surface area contributed by atoms with Gasteiger partial charge in [-0.3, -0.25) is 4.68 Å². The number of carboxylic acids is 1. The van der Waals surface area contributed by atoms with E-state index in [1.54, 1.807) is 13.1 Å². The molecule has 0 saturated heterocycles. The smallest absolute Gasteiger partial charge is 0.340 e. The molecule has 88 valence electrons. The van der Waals surface area contributed by atoms with Crippen LogP contribution in [0, 0.1) is 0 Å². The zero-order valence-electron chi connectivity index (χ0n) is 8.99. The number of rotatable bonds is 3. The van der Waals surface area contributed by atoms with E-state index in [4.69, 9.17) is 15.6 Å². The number of carbonyl (C=O) groups is 1. The number of nitrogen functional groups attached to an aromatic ring is 1. The molecule has 0 atom stereocenters. The minimum atomic E-state index is -1.11. The van der Waals surface area contributed by atoms with E-state index in [2.05, 4.69) is 10.1 Å². The molecule has 0 aliphatic rings. The molecule has 0 spiro atoms. The fourth-order valence-corrected chi connectivity index (χ4v) is 1.26. The van der Waals surface area contributed by atoms with Gasteiger partial charge in [0.1, 0.15) is 12.1 Å². The summed E-state index contributed by atoms with van der Waals surface area (Å²) in [6.07, 6.45) is 1.48. The van der Waals surface area contributed by atoms with Crippen LogP contribution in [0.2, 0.25) is 0 Å². The standard InChI is InChI=1S/C10H10N4O3/c1-14-5-12-10(13-14)17-6-2-3-8(11)7(4-6)9(15)16/h2-5H,11H2,1H3,(H,15,16). The van der Waals surface area contributed by atoms with E-state index in [0.717, 1.165) is 0 Å². The van der Waals surface area contributed by atoms with Gasteiger partial charge in [-0.2, -0.15) is 4.98 Å². The number of aromatic nitrogens is 3. The molecule has 1 aromatic heterocycles. The zero-order chi connectivity index (χ0) is 12.4. The molecule has 17 heavy (non-hydrogen) atoms. The van der Waals surface area contributed by atoms with Crippen molar-refractivity contribution in [1.29, 1.82) is 0 Å². The van der Waals surface area contributed by atoms with Crippen LogP contribution in [0.3, 0.4) is 0 Å². The lowest BCUT2D eigenvalue weighted by atomic mass is 10.2. The minimum absolute atomic E-state index is 0.0153. The van der Waals surface area contributed by atoms with Crippen LogP contribution in [0.1, 0.15) is 10.4 Å². The Morgan fingerprint density at radius 2 is 2.29 bits per heavy atom. The van der Waals surface area contributed by atoms with E-state index < -0.39 is 5.97 Å². The van der Waals surface area contributed by atoms with Crippen LogP contribution in [-0.4, -0.2) is 25.8 Å². The molecule has 0 aliphatic carbocycles. The van der Waals surface area contributed by atoms with Crippen molar-refractivity contribution in [2.24, 2.45) is 7.05 Å². The van der Waals surface area contributed by atoms with Crippen molar-refractivity contribution < 1.29 is 14.6 Å². The maximum absolute atomic E-state index is 10.9. The molecule has 0 fully saturated rings. The Balaban J connectivity index is 2.28. The van der Waals surface area contributed by atoms with Crippen LogP contribution >= 0.6 is 0 Å². The number of benzene rings is 1. The van der Waals surface area contributed by atoms with Crippen molar-refractivity contribution >= 4 is 11.7 Å². The number of aromatic carboxylic acids is 1. The molecular formula is C10H10N4O3. The SMILES string of the molecule is Cn1cnc(Oc2ccc(N)c(C(=O)O)c2)n1. The van der Waals surface area contributed by atoms with Crippen LogP contribution in [0.15, 0.2) is 24.5 Å². The van der Waals surface area contributed by atoms with Crippen molar-refractivity contribution in [1.82, 2.24) is 14.8 Å². The highest BCUT2D eigenvalue weighted by Crippen LogP contribution is 2.22. The van der Waals surface area contributed by atoms with Gasteiger partial charge in [0.15, 0.2) is 0 Å². The third-order valence-electron chi connectivity index (χ3n) is 2.04. The molecule has 7 heteroatoms. The summed E-state index contributed by atoms with van der Waals surface area (Å²) in [7, 11) is 1.70. The average molecular weight is 234 g/mol. The van der Waals surface area contributed by atoms with Crippen LogP contribution in [0.25, 0.3) is 0 Å². The largest absolute Gasteiger partial charge is 0.478 e. The second-order valence-corrected chi connectivity index (χ2v) is 3.36. The Bertz CT molecular complexity index is 564. The number of ether oxygens (including phenoxy) is 1. The van der Waals surface area contributed by atoms with E-state index in [1.165, 1.54) is 23.1 Å². The molecule has 0 aliphatic heterocycles. The van der Waals surface area contributed by atoms with Gasteiger partial charge in [-0.25, -0.2) is 4.79 Å². The predicted octanol–water partition coefficient (Wildman–Crippen LogP) is 0.888. The van der Waals surface area contributed by atoms with Crippen molar-refractivity contribution in [3.8, 4) is 11.8 Å². The summed E-state index contributed by atoms with van der Waals surface area (Å²) in [6.45, 7) is 0. The molecule has 2 rings (SSSR count). The molecule has 2 aromatic rings. The molecular weight excluding hydrogens is 224 g/mol. The van der Waals surface area contributed by atoms with Crippen LogP contribution in [0.5, 0.6) is 11.8 Å². The summed E-state index contributed by atoms with van der Waals surface area (Å²) in [6, 6.07) is 4.49. The fourth-order valence-electron chi connectivity index (χ4n) is 1.26. The van der Waals surface area contributed by atoms with Crippen LogP contribution in [-0.2, 0) is 7.05 Å². The molecule has 0 unspecified atom stereocenters. The first-order valence-electron chi connectivity index (χ1n) is 4.72. The maximum Gasteiger partial charge on any atom is 0.340 e. The molecule has 0 bridgehead atoms. The van der Waals surface area contributed by atoms with Crippen molar-refractivity contribution in [3.05, 3.63) is 30.1 Å². The summed E-state index contributed by atoms with van der Waals surface area (Å²) >= 11 is 0. The molecule has 1 aromatic carbocycles. The topological polar surface area (TPSA) is 103 Å². The Labute approximate surface area is 96.5 Å². The van der Waals surface area contributed by atoms with E-state index in [9.17, 15) is 4.79 Å². The first-order chi connectivity index (χ1) is 8.06. The number of carboxylic acid groups (broad SMARTS) is 1. The van der Waals surface area contributed by atoms with Gasteiger partial charge in [0.05, 0.1) is 5.56 Å². The Morgan fingerprint density at radius 1 is 1.53 bits per heavy atom. The zero-order valence-corrected chi connectivity index (χ0v) is 8.99. The first-order valence-corrected chi connectivity index (χ1v) is 4.72. The molecule has 0 amide bonds. The quantitative estimate of drug-likeness (QED) is 0.764. The molecule has 3 N–H and O–H groups in total. The van der Waals surface area contributed by atoms with Gasteiger partial charge in [-0.15, -0.1) is 5.10 Å². The normalized spacial score (nSPS) is 10.2. The summed E-state index contributed by atoms with van der Waals surface area (Å²) in [5.41, 5.74) is 5.68. The number of aryl methyl sites for hydroxylation is 1. The summed E-state index contributed by atoms with van der Waals surface area (Å²) in [4.78, 5) is 14.7. The van der Waals surface area contributed by atoms with E-state index in [1.807, 2.05) is 0 Å². The summed E-state index contributed by atoms with van der Waals surface area (Å²) in [5, 5.41) is 12.8. The van der Waals surface area contributed by atoms with E-state index in [-0.39, 0.29) is 17.3 Å². The van der Waals surface area contributed by atoms with Crippen LogP contribution in [0.4, 0.5) is 5.69 Å². The van der Waals surface area contributed by atoms with Crippen LogP contribution < -0.4 is 10.5 Å². The van der Waals surface area contributed by atoms with Gasteiger partial charge in [0, 0.05) is 12.7 Å². The number of nitrogens with zero attached hydrogens (tertiary/aromatic N) is 3. The Hall–Kier alpha value is -2.57. The summed E-state index contributed by atoms with van der Waals surface area (Å²) < 4.78 is 6.76. The lowest BCUT2D eigenvalue weighted by Gasteiger charge is -2.04. The average Bonchev–Trinajstić information content (AvgIpc) is 2.66. The fraction of sp³-hybridized carbons (Fsp3) is 0.100. The second kappa shape index (κ2) is 4.12. The number of anilines is 1. The minimum Gasteiger partial charge on any atom is -0.478 e. The van der Waals surface area contributed by atoms with Crippen molar-refractivity contribution in [2.75, 3.05) is 5.73 Å². The number of hydrogen-bond donors (Lipinski definition) is 2. The van der Waals surface area contributed by atoms with Crippen molar-refractivity contribution in [2.45, 2.75) is 0 Å². The third kappa shape index (κ3) is 2.33. The van der Waals surface area contributed by atoms with Gasteiger partial charge >= 0.3 is 12.0 Å². The number of hydrogen-bond acceptors (Lipinski definition) is 5. The molecule has 0 radical (unpaired) electrons. The highest BCUT2D eigenvalue weighted by molar-refractivity contribution is 5.94. The highest BCUT2D eigenvalue weighted by Gasteiger charge is 2.10. The maximum atomic E-state index is 10.9. The first kappa shape index (κ1) is 10.9. The second-order valence-electron chi connectivity index (χ2n) is 3.36. The van der Waals surface area contributed by atoms with Gasteiger partial charge in [0.2, 0.25) is 0 Å². The Morgan fingerprint density at radius 3 is 2.88 bits per heavy atom. The number of nitrogens with two attached hydrogens (primary N) is 1. The van der Waals surface area contributed by atoms with E-state index in [0.29, 0.717) is 5.75 Å². The molecule has 7 nitrogen and oxygen atoms in total. The highest BCUT2D eigenvalue weighted by atomic mass is 16.5. The molecule has 0 saturated carbocycles. The Kier molecular flexibility index (Phi) is 2.65. The van der Waals surface area contributed by atoms with Gasteiger partial charge in [-0.05, 0) is 18.2 Å². The van der Waals surface area contributed by atoms with Gasteiger partial charge in [0.25, 0.3) is 0 Å². The van der Waals surface area contributed by atoms with E-state index >= 15 is 0 Å². The molecule has 1 heterocycles. The predicted molar refractivity (Wildman–Crippen MR) is 58.9 cm³/mol. The third-order valence-corrected chi connectivity index (χ3v) is 2.04. The summed E-state index contributed by atoms with van der Waals surface area (Å²) in [5.74, 6) is -0.787. The lowest BCUT2D eigenvalue weighted by Crippen LogP contribution is -2.02. The lowest BCUT2D eigenvalue weighted by molar-refractivity contribution is 0.0697.